The Morgan fingerprint density at radius 2 is 2.67 bits per heavy atom. The third kappa shape index (κ3) is 1.87. The first kappa shape index (κ1) is 8.26. The molecule has 1 aliphatic heterocycles. The van der Waals surface area contributed by atoms with E-state index in [0.29, 0.717) is 6.04 Å². The van der Waals surface area contributed by atoms with Crippen LogP contribution >= 0.6 is 15.9 Å². The van der Waals surface area contributed by atoms with E-state index in [0.717, 1.165) is 17.6 Å². The molecule has 3 nitrogen and oxygen atoms in total. The van der Waals surface area contributed by atoms with E-state index in [-0.39, 0.29) is 0 Å². The number of hydrogen-bond donors (Lipinski definition) is 1. The van der Waals surface area contributed by atoms with Crippen molar-refractivity contribution in [1.29, 1.82) is 0 Å². The Balaban J connectivity index is 1.94. The summed E-state index contributed by atoms with van der Waals surface area (Å²) in [7, 11) is 0. The number of nitrogens with one attached hydrogen (secondary N) is 1. The van der Waals surface area contributed by atoms with Crippen LogP contribution in [0.15, 0.2) is 16.9 Å². The summed E-state index contributed by atoms with van der Waals surface area (Å²) in [5.41, 5.74) is 0. The van der Waals surface area contributed by atoms with Gasteiger partial charge in [0, 0.05) is 12.2 Å². The van der Waals surface area contributed by atoms with Crippen LogP contribution in [0.2, 0.25) is 0 Å². The molecule has 0 spiro atoms. The maximum absolute atomic E-state index is 4.21. The van der Waals surface area contributed by atoms with Gasteiger partial charge in [0.1, 0.15) is 0 Å². The van der Waals surface area contributed by atoms with Gasteiger partial charge in [0.05, 0.1) is 17.2 Å². The molecule has 1 unspecified atom stereocenters. The minimum absolute atomic E-state index is 0.622. The molecule has 1 fully saturated rings. The third-order valence-corrected chi connectivity index (χ3v) is 2.58. The second-order valence-electron chi connectivity index (χ2n) is 3.17. The van der Waals surface area contributed by atoms with E-state index < -0.39 is 0 Å². The summed E-state index contributed by atoms with van der Waals surface area (Å²) in [6.07, 6.45) is 6.42. The van der Waals surface area contributed by atoms with Gasteiger partial charge in [-0.25, -0.2) is 0 Å². The average Bonchev–Trinajstić information content (AvgIpc) is 2.63. The van der Waals surface area contributed by atoms with Crippen molar-refractivity contribution in [1.82, 2.24) is 15.1 Å². The van der Waals surface area contributed by atoms with E-state index in [4.69, 9.17) is 0 Å². The summed E-state index contributed by atoms with van der Waals surface area (Å²) in [5, 5.41) is 7.65. The molecule has 0 radical (unpaired) electrons. The van der Waals surface area contributed by atoms with E-state index in [1.807, 2.05) is 17.1 Å². The Bertz CT molecular complexity index is 253. The fourth-order valence-corrected chi connectivity index (χ4v) is 1.90. The molecule has 12 heavy (non-hydrogen) atoms. The van der Waals surface area contributed by atoms with E-state index in [2.05, 4.69) is 26.3 Å². The van der Waals surface area contributed by atoms with Crippen molar-refractivity contribution in [2.75, 3.05) is 6.54 Å². The highest BCUT2D eigenvalue weighted by Crippen LogP contribution is 2.10. The summed E-state index contributed by atoms with van der Waals surface area (Å²) < 4.78 is 3.04. The van der Waals surface area contributed by atoms with Crippen LogP contribution in [0.3, 0.4) is 0 Å². The third-order valence-electron chi connectivity index (χ3n) is 2.17. The van der Waals surface area contributed by atoms with E-state index in [1.165, 1.54) is 12.8 Å². The van der Waals surface area contributed by atoms with Gasteiger partial charge < -0.3 is 5.32 Å². The molecule has 2 heterocycles. The van der Waals surface area contributed by atoms with Gasteiger partial charge in [0.2, 0.25) is 0 Å². The van der Waals surface area contributed by atoms with Crippen LogP contribution in [0.1, 0.15) is 12.8 Å². The van der Waals surface area contributed by atoms with Crippen molar-refractivity contribution < 1.29 is 0 Å². The molecule has 0 aliphatic carbocycles. The van der Waals surface area contributed by atoms with Gasteiger partial charge in [-0.2, -0.15) is 5.10 Å². The highest BCUT2D eigenvalue weighted by molar-refractivity contribution is 9.10. The number of aromatic nitrogens is 2. The minimum Gasteiger partial charge on any atom is -0.312 e. The number of nitrogens with zero attached hydrogens (tertiary/aromatic N) is 2. The largest absolute Gasteiger partial charge is 0.312 e. The molecule has 0 aromatic carbocycles. The molecule has 1 aromatic heterocycles. The lowest BCUT2D eigenvalue weighted by Gasteiger charge is -2.08. The average molecular weight is 230 g/mol. The zero-order chi connectivity index (χ0) is 8.39. The van der Waals surface area contributed by atoms with Crippen LogP contribution in [0.5, 0.6) is 0 Å². The molecular weight excluding hydrogens is 218 g/mol. The van der Waals surface area contributed by atoms with Crippen LogP contribution in [0.25, 0.3) is 0 Å². The lowest BCUT2D eigenvalue weighted by Crippen LogP contribution is -2.26. The fourth-order valence-electron chi connectivity index (χ4n) is 1.58. The minimum atomic E-state index is 0.622. The highest BCUT2D eigenvalue weighted by atomic mass is 79.9. The van der Waals surface area contributed by atoms with Crippen molar-refractivity contribution in [2.24, 2.45) is 0 Å². The Morgan fingerprint density at radius 1 is 1.75 bits per heavy atom. The normalized spacial score (nSPS) is 23.2. The van der Waals surface area contributed by atoms with Crippen LogP contribution in [-0.2, 0) is 6.54 Å². The molecule has 1 saturated heterocycles. The molecule has 1 aromatic rings. The highest BCUT2D eigenvalue weighted by Gasteiger charge is 2.14. The molecule has 2 rings (SSSR count). The Labute approximate surface area is 80.3 Å². The summed E-state index contributed by atoms with van der Waals surface area (Å²) >= 11 is 3.38. The predicted molar refractivity (Wildman–Crippen MR) is 51.0 cm³/mol. The van der Waals surface area contributed by atoms with Gasteiger partial charge in [-0.15, -0.1) is 0 Å². The molecule has 0 saturated carbocycles. The van der Waals surface area contributed by atoms with Gasteiger partial charge in [-0.1, -0.05) is 0 Å². The lowest BCUT2D eigenvalue weighted by atomic mass is 10.2. The molecule has 4 heteroatoms. The summed E-state index contributed by atoms with van der Waals surface area (Å²) in [5.74, 6) is 0. The van der Waals surface area contributed by atoms with Crippen molar-refractivity contribution in [3.8, 4) is 0 Å². The van der Waals surface area contributed by atoms with Crippen molar-refractivity contribution >= 4 is 15.9 Å². The molecule has 1 N–H and O–H groups in total. The monoisotopic (exact) mass is 229 g/mol. The van der Waals surface area contributed by atoms with Crippen LogP contribution in [0.4, 0.5) is 0 Å². The summed E-state index contributed by atoms with van der Waals surface area (Å²) in [4.78, 5) is 0. The van der Waals surface area contributed by atoms with Crippen molar-refractivity contribution in [2.45, 2.75) is 25.4 Å². The van der Waals surface area contributed by atoms with Crippen LogP contribution < -0.4 is 5.32 Å². The SMILES string of the molecule is Brc1cnn(CC2CCCN2)c1. The zero-order valence-corrected chi connectivity index (χ0v) is 8.42. The Morgan fingerprint density at radius 3 is 3.25 bits per heavy atom. The first-order valence-electron chi connectivity index (χ1n) is 4.26. The first-order chi connectivity index (χ1) is 5.84. The van der Waals surface area contributed by atoms with Crippen LogP contribution in [-0.4, -0.2) is 22.4 Å². The van der Waals surface area contributed by atoms with Gasteiger partial charge >= 0.3 is 0 Å². The molecule has 66 valence electrons. The Hall–Kier alpha value is -0.350. The van der Waals surface area contributed by atoms with Crippen molar-refractivity contribution in [3.05, 3.63) is 16.9 Å². The fraction of sp³-hybridized carbons (Fsp3) is 0.625. The Kier molecular flexibility index (Phi) is 2.46. The topological polar surface area (TPSA) is 29.9 Å². The van der Waals surface area contributed by atoms with Gasteiger partial charge in [0.25, 0.3) is 0 Å². The molecule has 1 atom stereocenters. The van der Waals surface area contributed by atoms with Gasteiger partial charge in [0.15, 0.2) is 0 Å². The smallest absolute Gasteiger partial charge is 0.0632 e. The summed E-state index contributed by atoms with van der Waals surface area (Å²) in [6.45, 7) is 2.15. The van der Waals surface area contributed by atoms with E-state index in [1.54, 1.807) is 0 Å². The quantitative estimate of drug-likeness (QED) is 0.832. The standard InChI is InChI=1S/C8H12BrN3/c9-7-4-11-12(5-7)6-8-2-1-3-10-8/h4-5,8,10H,1-3,6H2. The van der Waals surface area contributed by atoms with E-state index in [9.17, 15) is 0 Å². The number of hydrogen-bond acceptors (Lipinski definition) is 2. The number of rotatable bonds is 2. The lowest BCUT2D eigenvalue weighted by molar-refractivity contribution is 0.476. The van der Waals surface area contributed by atoms with Gasteiger partial charge in [-0.3, -0.25) is 4.68 Å². The maximum Gasteiger partial charge on any atom is 0.0632 e. The number of halogens is 1. The second kappa shape index (κ2) is 3.58. The van der Waals surface area contributed by atoms with Gasteiger partial charge in [-0.05, 0) is 35.3 Å². The maximum atomic E-state index is 4.21. The summed E-state index contributed by atoms with van der Waals surface area (Å²) in [6, 6.07) is 0.622. The predicted octanol–water partition coefficient (Wildman–Crippen LogP) is 1.40. The molecule has 1 aliphatic rings. The molecule has 0 bridgehead atoms. The van der Waals surface area contributed by atoms with E-state index >= 15 is 0 Å². The second-order valence-corrected chi connectivity index (χ2v) is 4.09. The molecular formula is C8H12BrN3. The van der Waals surface area contributed by atoms with Crippen molar-refractivity contribution in [3.63, 3.8) is 0 Å². The molecule has 0 amide bonds. The first-order valence-corrected chi connectivity index (χ1v) is 5.05. The zero-order valence-electron chi connectivity index (χ0n) is 6.83. The van der Waals surface area contributed by atoms with Crippen LogP contribution in [0, 0.1) is 0 Å².